The van der Waals surface area contributed by atoms with Gasteiger partial charge in [-0.25, -0.2) is 0 Å². The zero-order valence-corrected chi connectivity index (χ0v) is 18.3. The molecule has 2 fully saturated rings. The van der Waals surface area contributed by atoms with E-state index < -0.39 is 0 Å². The van der Waals surface area contributed by atoms with Gasteiger partial charge in [-0.05, 0) is 104 Å². The van der Waals surface area contributed by atoms with E-state index in [2.05, 4.69) is 90.3 Å². The van der Waals surface area contributed by atoms with E-state index in [-0.39, 0.29) is 22.2 Å². The molecule has 1 aromatic carbocycles. The van der Waals surface area contributed by atoms with Crippen molar-refractivity contribution >= 4 is 0 Å². The van der Waals surface area contributed by atoms with Gasteiger partial charge in [0, 0.05) is 22.2 Å². The van der Waals surface area contributed by atoms with Crippen molar-refractivity contribution in [3.63, 3.8) is 0 Å². The SMILES string of the molecule is CC1(C)CC(Cc2ccc(CC3CC(C)(C)NC3(C)C)cc2)C(C)(C)N1. The summed E-state index contributed by atoms with van der Waals surface area (Å²) in [4.78, 5) is 0. The predicted octanol–water partition coefficient (Wildman–Crippen LogP) is 5.11. The molecular weight excluding hydrogens is 316 g/mol. The van der Waals surface area contributed by atoms with Crippen LogP contribution in [-0.2, 0) is 12.8 Å². The van der Waals surface area contributed by atoms with Gasteiger partial charge in [0.05, 0.1) is 0 Å². The Kier molecular flexibility index (Phi) is 4.85. The normalized spacial score (nSPS) is 31.2. The fraction of sp³-hybridized carbons (Fsp3) is 0.750. The summed E-state index contributed by atoms with van der Waals surface area (Å²) in [7, 11) is 0. The molecule has 0 radical (unpaired) electrons. The highest BCUT2D eigenvalue weighted by Crippen LogP contribution is 2.39. The molecule has 3 rings (SSSR count). The molecular formula is C24H40N2. The van der Waals surface area contributed by atoms with Crippen LogP contribution in [0.15, 0.2) is 24.3 Å². The van der Waals surface area contributed by atoms with Crippen molar-refractivity contribution in [3.05, 3.63) is 35.4 Å². The monoisotopic (exact) mass is 356 g/mol. The Hall–Kier alpha value is -0.860. The maximum atomic E-state index is 3.81. The van der Waals surface area contributed by atoms with E-state index in [0.717, 1.165) is 0 Å². The van der Waals surface area contributed by atoms with Crippen LogP contribution in [0.1, 0.15) is 79.4 Å². The van der Waals surface area contributed by atoms with Gasteiger partial charge in [0.25, 0.3) is 0 Å². The van der Waals surface area contributed by atoms with Crippen LogP contribution in [0.25, 0.3) is 0 Å². The topological polar surface area (TPSA) is 24.1 Å². The van der Waals surface area contributed by atoms with Crippen molar-refractivity contribution in [2.24, 2.45) is 11.8 Å². The Morgan fingerprint density at radius 2 is 0.962 bits per heavy atom. The zero-order chi connectivity index (χ0) is 19.4. The number of nitrogens with one attached hydrogen (secondary N) is 2. The van der Waals surface area contributed by atoms with Crippen LogP contribution >= 0.6 is 0 Å². The summed E-state index contributed by atoms with van der Waals surface area (Å²) in [5.74, 6) is 1.39. The summed E-state index contributed by atoms with van der Waals surface area (Å²) in [6, 6.07) is 9.49. The highest BCUT2D eigenvalue weighted by molar-refractivity contribution is 5.25. The van der Waals surface area contributed by atoms with E-state index in [1.165, 1.54) is 36.8 Å². The van der Waals surface area contributed by atoms with E-state index in [1.807, 2.05) is 0 Å². The molecule has 0 bridgehead atoms. The zero-order valence-electron chi connectivity index (χ0n) is 18.3. The first kappa shape index (κ1) is 19.9. The first-order valence-corrected chi connectivity index (χ1v) is 10.4. The number of hydrogen-bond donors (Lipinski definition) is 2. The third-order valence-corrected chi connectivity index (χ3v) is 6.86. The van der Waals surface area contributed by atoms with Gasteiger partial charge >= 0.3 is 0 Å². The second-order valence-electron chi connectivity index (χ2n) is 11.5. The summed E-state index contributed by atoms with van der Waals surface area (Å²) in [5.41, 5.74) is 3.90. The lowest BCUT2D eigenvalue weighted by Crippen LogP contribution is -2.45. The quantitative estimate of drug-likeness (QED) is 0.784. The minimum atomic E-state index is 0.216. The molecule has 0 saturated carbocycles. The lowest BCUT2D eigenvalue weighted by Gasteiger charge is -2.29. The molecule has 2 aliphatic rings. The maximum absolute atomic E-state index is 3.81. The lowest BCUT2D eigenvalue weighted by molar-refractivity contribution is 0.319. The van der Waals surface area contributed by atoms with Crippen molar-refractivity contribution in [1.29, 1.82) is 0 Å². The van der Waals surface area contributed by atoms with Crippen LogP contribution < -0.4 is 10.6 Å². The van der Waals surface area contributed by atoms with Gasteiger partial charge in [-0.3, -0.25) is 0 Å². The Balaban J connectivity index is 1.64. The van der Waals surface area contributed by atoms with Crippen LogP contribution in [0.5, 0.6) is 0 Å². The van der Waals surface area contributed by atoms with Crippen LogP contribution in [0.4, 0.5) is 0 Å². The maximum Gasteiger partial charge on any atom is 0.0162 e. The van der Waals surface area contributed by atoms with Crippen molar-refractivity contribution in [2.45, 2.75) is 103 Å². The third kappa shape index (κ3) is 4.34. The fourth-order valence-electron chi connectivity index (χ4n) is 5.83. The summed E-state index contributed by atoms with van der Waals surface area (Å²) in [5, 5.41) is 7.62. The minimum Gasteiger partial charge on any atom is -0.307 e. The number of hydrogen-bond acceptors (Lipinski definition) is 2. The van der Waals surface area contributed by atoms with E-state index in [4.69, 9.17) is 0 Å². The number of rotatable bonds is 4. The third-order valence-electron chi connectivity index (χ3n) is 6.86. The van der Waals surface area contributed by atoms with Gasteiger partial charge in [-0.15, -0.1) is 0 Å². The van der Waals surface area contributed by atoms with Gasteiger partial charge in [-0.2, -0.15) is 0 Å². The average Bonchev–Trinajstić information content (AvgIpc) is 2.78. The smallest absolute Gasteiger partial charge is 0.0162 e. The molecule has 1 aromatic rings. The summed E-state index contributed by atoms with van der Waals surface area (Å²) < 4.78 is 0. The molecule has 0 aromatic heterocycles. The second-order valence-corrected chi connectivity index (χ2v) is 11.5. The molecule has 2 heterocycles. The molecule has 26 heavy (non-hydrogen) atoms. The molecule has 2 unspecified atom stereocenters. The number of benzene rings is 1. The highest BCUT2D eigenvalue weighted by atomic mass is 15.1. The molecule has 2 heteroatoms. The van der Waals surface area contributed by atoms with Crippen molar-refractivity contribution in [2.75, 3.05) is 0 Å². The van der Waals surface area contributed by atoms with Crippen LogP contribution in [0, 0.1) is 11.8 Å². The molecule has 2 saturated heterocycles. The Bertz CT molecular complexity index is 580. The lowest BCUT2D eigenvalue weighted by atomic mass is 9.81. The standard InChI is InChI=1S/C24H40N2/c1-21(2)15-19(23(5,6)25-21)13-17-9-11-18(12-10-17)14-20-16-22(3,4)26-24(20,7)8/h9-12,19-20,25-26H,13-16H2,1-8H3. The molecule has 0 amide bonds. The Morgan fingerprint density at radius 1 is 0.654 bits per heavy atom. The molecule has 146 valence electrons. The highest BCUT2D eigenvalue weighted by Gasteiger charge is 2.44. The van der Waals surface area contributed by atoms with Gasteiger partial charge in [0.1, 0.15) is 0 Å². The largest absolute Gasteiger partial charge is 0.307 e. The van der Waals surface area contributed by atoms with Crippen molar-refractivity contribution in [3.8, 4) is 0 Å². The Labute approximate surface area is 161 Å². The molecule has 2 aliphatic heterocycles. The predicted molar refractivity (Wildman–Crippen MR) is 113 cm³/mol. The van der Waals surface area contributed by atoms with Crippen molar-refractivity contribution in [1.82, 2.24) is 10.6 Å². The van der Waals surface area contributed by atoms with Gasteiger partial charge in [0.2, 0.25) is 0 Å². The van der Waals surface area contributed by atoms with Gasteiger partial charge < -0.3 is 10.6 Å². The molecule has 0 aliphatic carbocycles. The first-order chi connectivity index (χ1) is 11.8. The fourth-order valence-corrected chi connectivity index (χ4v) is 5.83. The van der Waals surface area contributed by atoms with E-state index in [1.54, 1.807) is 0 Å². The van der Waals surface area contributed by atoms with E-state index >= 15 is 0 Å². The van der Waals surface area contributed by atoms with Crippen molar-refractivity contribution < 1.29 is 0 Å². The molecule has 0 spiro atoms. The summed E-state index contributed by atoms with van der Waals surface area (Å²) in [6.07, 6.45) is 4.85. The van der Waals surface area contributed by atoms with Crippen LogP contribution in [0.2, 0.25) is 0 Å². The van der Waals surface area contributed by atoms with E-state index in [0.29, 0.717) is 11.8 Å². The Morgan fingerprint density at radius 3 is 1.19 bits per heavy atom. The average molecular weight is 357 g/mol. The van der Waals surface area contributed by atoms with E-state index in [9.17, 15) is 0 Å². The molecule has 2 atom stereocenters. The van der Waals surface area contributed by atoms with Gasteiger partial charge in [0.15, 0.2) is 0 Å². The minimum absolute atomic E-state index is 0.216. The van der Waals surface area contributed by atoms with Gasteiger partial charge in [-0.1, -0.05) is 24.3 Å². The van der Waals surface area contributed by atoms with Crippen LogP contribution in [-0.4, -0.2) is 22.2 Å². The molecule has 2 nitrogen and oxygen atoms in total. The second kappa shape index (κ2) is 6.34. The summed E-state index contributed by atoms with van der Waals surface area (Å²) in [6.45, 7) is 18.8. The summed E-state index contributed by atoms with van der Waals surface area (Å²) >= 11 is 0. The van der Waals surface area contributed by atoms with Crippen LogP contribution in [0.3, 0.4) is 0 Å². The first-order valence-electron chi connectivity index (χ1n) is 10.4. The molecule has 2 N–H and O–H groups in total.